The molecule has 174 valence electrons. The van der Waals surface area contributed by atoms with E-state index in [1.54, 1.807) is 0 Å². The Hall–Kier alpha value is -1.71. The van der Waals surface area contributed by atoms with Gasteiger partial charge in [-0.2, -0.15) is 0 Å². The number of unbranched alkanes of at least 4 members (excludes halogenated alkanes) is 1. The molecule has 1 fully saturated rings. The first kappa shape index (κ1) is 26.3. The number of carbonyl (C=O) groups excluding carboxylic acids is 3. The van der Waals surface area contributed by atoms with E-state index >= 15 is 0 Å². The summed E-state index contributed by atoms with van der Waals surface area (Å²) in [5.74, 6) is -1.35. The molecule has 0 bridgehead atoms. The highest BCUT2D eigenvalue weighted by Crippen LogP contribution is 2.26. The van der Waals surface area contributed by atoms with Gasteiger partial charge in [0.25, 0.3) is 0 Å². The van der Waals surface area contributed by atoms with Crippen molar-refractivity contribution in [3.8, 4) is 0 Å². The standard InChI is InChI=1S/C21H37NO8/c1-4-9-16(23)28-15-14-27-21(26-13-8-7-12-22)20(30-18(25)11-6-3)19(15)29-17(24)10-5-2/h15,19-21H,4-14,22H2,1-3H3/t15-,19-,20+,21+/m0/s1. The van der Waals surface area contributed by atoms with Crippen molar-refractivity contribution >= 4 is 17.9 Å². The van der Waals surface area contributed by atoms with Crippen LogP contribution in [0.15, 0.2) is 0 Å². The summed E-state index contributed by atoms with van der Waals surface area (Å²) in [4.78, 5) is 36.5. The zero-order chi connectivity index (χ0) is 22.4. The van der Waals surface area contributed by atoms with Crippen LogP contribution in [0.5, 0.6) is 0 Å². The molecule has 1 heterocycles. The van der Waals surface area contributed by atoms with Crippen LogP contribution < -0.4 is 5.73 Å². The molecule has 0 aromatic rings. The molecule has 0 radical (unpaired) electrons. The number of hydrogen-bond donors (Lipinski definition) is 1. The van der Waals surface area contributed by atoms with Crippen LogP contribution in [0.1, 0.15) is 72.1 Å². The van der Waals surface area contributed by atoms with Crippen LogP contribution >= 0.6 is 0 Å². The Balaban J connectivity index is 3.02. The van der Waals surface area contributed by atoms with Crippen LogP contribution in [0.2, 0.25) is 0 Å². The normalized spacial score (nSPS) is 23.6. The molecule has 1 saturated heterocycles. The minimum absolute atomic E-state index is 0.0249. The largest absolute Gasteiger partial charge is 0.456 e. The summed E-state index contributed by atoms with van der Waals surface area (Å²) in [6.07, 6.45) is 0.0924. The number of rotatable bonds is 14. The zero-order valence-electron chi connectivity index (χ0n) is 18.4. The van der Waals surface area contributed by atoms with E-state index in [9.17, 15) is 14.4 Å². The summed E-state index contributed by atoms with van der Waals surface area (Å²) in [5.41, 5.74) is 5.51. The molecular formula is C21H37NO8. The van der Waals surface area contributed by atoms with E-state index in [4.69, 9.17) is 29.4 Å². The highest BCUT2D eigenvalue weighted by molar-refractivity contribution is 5.71. The average Bonchev–Trinajstić information content (AvgIpc) is 2.69. The second-order valence-corrected chi connectivity index (χ2v) is 7.26. The molecule has 30 heavy (non-hydrogen) atoms. The quantitative estimate of drug-likeness (QED) is 0.250. The van der Waals surface area contributed by atoms with Crippen LogP contribution in [0.3, 0.4) is 0 Å². The number of hydrogen-bond acceptors (Lipinski definition) is 9. The van der Waals surface area contributed by atoms with Crippen molar-refractivity contribution in [2.45, 2.75) is 96.7 Å². The highest BCUT2D eigenvalue weighted by Gasteiger charge is 2.48. The van der Waals surface area contributed by atoms with E-state index in [1.807, 2.05) is 20.8 Å². The molecule has 0 unspecified atom stereocenters. The van der Waals surface area contributed by atoms with E-state index in [0.717, 1.165) is 6.42 Å². The minimum Gasteiger partial charge on any atom is -0.456 e. The molecule has 1 aliphatic heterocycles. The van der Waals surface area contributed by atoms with E-state index in [0.29, 0.717) is 38.8 Å². The van der Waals surface area contributed by atoms with Gasteiger partial charge in [-0.15, -0.1) is 0 Å². The molecule has 0 amide bonds. The van der Waals surface area contributed by atoms with Crippen LogP contribution in [-0.2, 0) is 38.1 Å². The van der Waals surface area contributed by atoms with Crippen molar-refractivity contribution in [1.82, 2.24) is 0 Å². The Bertz CT molecular complexity index is 527. The third-order valence-corrected chi connectivity index (χ3v) is 4.44. The second kappa shape index (κ2) is 15.1. The lowest BCUT2D eigenvalue weighted by molar-refractivity contribution is -0.282. The van der Waals surface area contributed by atoms with Crippen LogP contribution in [-0.4, -0.2) is 62.3 Å². The van der Waals surface area contributed by atoms with Crippen LogP contribution in [0.4, 0.5) is 0 Å². The van der Waals surface area contributed by atoms with Gasteiger partial charge in [-0.1, -0.05) is 20.8 Å². The summed E-state index contributed by atoms with van der Waals surface area (Å²) in [5, 5.41) is 0. The van der Waals surface area contributed by atoms with Crippen molar-refractivity contribution in [2.24, 2.45) is 5.73 Å². The Morgan fingerprint density at radius 1 is 0.833 bits per heavy atom. The fraction of sp³-hybridized carbons (Fsp3) is 0.857. The Morgan fingerprint density at radius 3 is 1.90 bits per heavy atom. The maximum atomic E-state index is 12.2. The third kappa shape index (κ3) is 9.40. The van der Waals surface area contributed by atoms with Crippen molar-refractivity contribution in [1.29, 1.82) is 0 Å². The molecule has 2 N–H and O–H groups in total. The molecule has 9 nitrogen and oxygen atoms in total. The highest BCUT2D eigenvalue weighted by atomic mass is 16.7. The Kier molecular flexibility index (Phi) is 13.3. The van der Waals surface area contributed by atoms with Crippen molar-refractivity contribution in [2.75, 3.05) is 19.8 Å². The first-order valence-electron chi connectivity index (χ1n) is 11.0. The summed E-state index contributed by atoms with van der Waals surface area (Å²) in [6, 6.07) is 0. The lowest BCUT2D eigenvalue weighted by Gasteiger charge is -2.40. The minimum atomic E-state index is -1.03. The van der Waals surface area contributed by atoms with E-state index in [1.165, 1.54) is 0 Å². The van der Waals surface area contributed by atoms with Gasteiger partial charge in [-0.3, -0.25) is 14.4 Å². The first-order valence-corrected chi connectivity index (χ1v) is 11.0. The van der Waals surface area contributed by atoms with Crippen molar-refractivity contribution in [3.63, 3.8) is 0 Å². The number of ether oxygens (including phenoxy) is 5. The average molecular weight is 432 g/mol. The fourth-order valence-electron chi connectivity index (χ4n) is 2.96. The van der Waals surface area contributed by atoms with Gasteiger partial charge in [-0.25, -0.2) is 0 Å². The lowest BCUT2D eigenvalue weighted by Crippen LogP contribution is -2.58. The zero-order valence-corrected chi connectivity index (χ0v) is 18.4. The van der Waals surface area contributed by atoms with Gasteiger partial charge in [0.05, 0.1) is 6.61 Å². The van der Waals surface area contributed by atoms with Gasteiger partial charge in [0, 0.05) is 25.9 Å². The van der Waals surface area contributed by atoms with Gasteiger partial charge in [0.1, 0.15) is 0 Å². The molecule has 1 aliphatic rings. The smallest absolute Gasteiger partial charge is 0.306 e. The number of nitrogens with two attached hydrogens (primary N) is 1. The predicted molar refractivity (Wildman–Crippen MR) is 108 cm³/mol. The summed E-state index contributed by atoms with van der Waals surface area (Å²) >= 11 is 0. The van der Waals surface area contributed by atoms with Gasteiger partial charge < -0.3 is 29.4 Å². The van der Waals surface area contributed by atoms with E-state index in [2.05, 4.69) is 0 Å². The SMILES string of the molecule is CCCC(=O)O[C@@H]1[C@@H](OC(=O)CCC)[C@H](OCCCCN)OC[C@@H]1OC(=O)CCC. The fourth-order valence-corrected chi connectivity index (χ4v) is 2.96. The van der Waals surface area contributed by atoms with Gasteiger partial charge in [-0.05, 0) is 38.6 Å². The molecule has 0 aliphatic carbocycles. The molecule has 1 rings (SSSR count). The second-order valence-electron chi connectivity index (χ2n) is 7.26. The molecule has 4 atom stereocenters. The number of carbonyl (C=O) groups is 3. The van der Waals surface area contributed by atoms with Crippen LogP contribution in [0.25, 0.3) is 0 Å². The molecule has 0 aromatic carbocycles. The molecule has 0 aromatic heterocycles. The third-order valence-electron chi connectivity index (χ3n) is 4.44. The van der Waals surface area contributed by atoms with Crippen molar-refractivity contribution in [3.05, 3.63) is 0 Å². The maximum absolute atomic E-state index is 12.2. The topological polar surface area (TPSA) is 123 Å². The summed E-state index contributed by atoms with van der Waals surface area (Å²) < 4.78 is 28.1. The molecular weight excluding hydrogens is 394 g/mol. The lowest BCUT2D eigenvalue weighted by atomic mass is 10.0. The molecule has 0 spiro atoms. The van der Waals surface area contributed by atoms with Crippen molar-refractivity contribution < 1.29 is 38.1 Å². The van der Waals surface area contributed by atoms with Gasteiger partial charge in [0.15, 0.2) is 24.6 Å². The Labute approximate surface area is 178 Å². The summed E-state index contributed by atoms with van der Waals surface area (Å²) in [6.45, 7) is 6.43. The first-order chi connectivity index (χ1) is 14.5. The van der Waals surface area contributed by atoms with Crippen LogP contribution in [0, 0.1) is 0 Å². The Morgan fingerprint density at radius 2 is 1.37 bits per heavy atom. The number of esters is 3. The van der Waals surface area contributed by atoms with E-state index in [-0.39, 0.29) is 25.9 Å². The molecule has 0 saturated carbocycles. The predicted octanol–water partition coefficient (Wildman–Crippen LogP) is 2.23. The maximum Gasteiger partial charge on any atom is 0.306 e. The monoisotopic (exact) mass is 431 g/mol. The molecule has 9 heteroatoms. The van der Waals surface area contributed by atoms with Gasteiger partial charge in [0.2, 0.25) is 0 Å². The van der Waals surface area contributed by atoms with Gasteiger partial charge >= 0.3 is 17.9 Å². The van der Waals surface area contributed by atoms with E-state index < -0.39 is 42.5 Å². The summed E-state index contributed by atoms with van der Waals surface area (Å²) in [7, 11) is 0.